The number of guanidine groups is 1. The lowest BCUT2D eigenvalue weighted by Crippen LogP contribution is -2.45. The highest BCUT2D eigenvalue weighted by molar-refractivity contribution is 14.0. The molecule has 26 heavy (non-hydrogen) atoms. The lowest BCUT2D eigenvalue weighted by molar-refractivity contribution is -0.143. The van der Waals surface area contributed by atoms with E-state index in [9.17, 15) is 18.0 Å². The van der Waals surface area contributed by atoms with Gasteiger partial charge in [-0.2, -0.15) is 13.2 Å². The average Bonchev–Trinajstić information content (AvgIpc) is 3.13. The van der Waals surface area contributed by atoms with Gasteiger partial charge in [0.2, 0.25) is 0 Å². The molecule has 1 aliphatic heterocycles. The van der Waals surface area contributed by atoms with Crippen molar-refractivity contribution in [3.63, 3.8) is 0 Å². The zero-order chi connectivity index (χ0) is 18.4. The van der Waals surface area contributed by atoms with E-state index in [-0.39, 0.29) is 42.3 Å². The SMILES string of the molecule is CCNC(=NCc1ccc(C(N)=O)o1)NC1CCN(CC(F)(F)F)C1.I. The van der Waals surface area contributed by atoms with Crippen molar-refractivity contribution >= 4 is 35.8 Å². The second kappa shape index (κ2) is 10.00. The van der Waals surface area contributed by atoms with Gasteiger partial charge in [0.05, 0.1) is 6.54 Å². The van der Waals surface area contributed by atoms with E-state index in [1.54, 1.807) is 6.07 Å². The maximum atomic E-state index is 12.4. The number of amides is 1. The van der Waals surface area contributed by atoms with E-state index >= 15 is 0 Å². The molecule has 0 bridgehead atoms. The van der Waals surface area contributed by atoms with Gasteiger partial charge in [0.25, 0.3) is 5.91 Å². The number of furan rings is 1. The van der Waals surface area contributed by atoms with Gasteiger partial charge in [-0.3, -0.25) is 9.69 Å². The lowest BCUT2D eigenvalue weighted by atomic mass is 10.3. The van der Waals surface area contributed by atoms with Crippen molar-refractivity contribution in [3.05, 3.63) is 23.7 Å². The number of halogens is 4. The zero-order valence-corrected chi connectivity index (χ0v) is 16.6. The van der Waals surface area contributed by atoms with E-state index in [1.807, 2.05) is 6.92 Å². The van der Waals surface area contributed by atoms with Crippen molar-refractivity contribution < 1.29 is 22.4 Å². The molecule has 2 rings (SSSR count). The number of alkyl halides is 3. The van der Waals surface area contributed by atoms with Gasteiger partial charge in [0.15, 0.2) is 11.7 Å². The Labute approximate surface area is 166 Å². The molecule has 2 heterocycles. The van der Waals surface area contributed by atoms with E-state index in [4.69, 9.17) is 10.2 Å². The van der Waals surface area contributed by atoms with Crippen LogP contribution in [-0.2, 0) is 6.54 Å². The summed E-state index contributed by atoms with van der Waals surface area (Å²) in [5.74, 6) is 0.354. The van der Waals surface area contributed by atoms with Crippen molar-refractivity contribution in [3.8, 4) is 0 Å². The van der Waals surface area contributed by atoms with Crippen LogP contribution in [0, 0.1) is 0 Å². The molecule has 0 saturated carbocycles. The minimum absolute atomic E-state index is 0. The fourth-order valence-corrected chi connectivity index (χ4v) is 2.61. The van der Waals surface area contributed by atoms with E-state index in [0.29, 0.717) is 37.8 Å². The standard InChI is InChI=1S/C15H22F3N5O2.HI/c1-2-20-14(21-7-11-3-4-12(25-11)13(19)24)22-10-5-6-23(8-10)9-15(16,17)18;/h3-4,10H,2,5-9H2,1H3,(H2,19,24)(H2,20,21,22);1H. The summed E-state index contributed by atoms with van der Waals surface area (Å²) in [7, 11) is 0. The Kier molecular flexibility index (Phi) is 8.67. The number of primary amides is 1. The third kappa shape index (κ3) is 7.40. The molecule has 0 aliphatic carbocycles. The Morgan fingerprint density at radius 1 is 1.46 bits per heavy atom. The minimum atomic E-state index is -4.19. The number of carbonyl (C=O) groups excluding carboxylic acids is 1. The van der Waals surface area contributed by atoms with Crippen LogP contribution in [0.1, 0.15) is 29.7 Å². The summed E-state index contributed by atoms with van der Waals surface area (Å²) in [6.07, 6.45) is -3.59. The normalized spacial score (nSPS) is 18.5. The van der Waals surface area contributed by atoms with Crippen molar-refractivity contribution in [2.24, 2.45) is 10.7 Å². The van der Waals surface area contributed by atoms with Crippen molar-refractivity contribution in [2.75, 3.05) is 26.2 Å². The predicted octanol–water partition coefficient (Wildman–Crippen LogP) is 1.69. The molecule has 11 heteroatoms. The molecule has 1 amide bonds. The number of aliphatic imine (C=N–C) groups is 1. The first-order chi connectivity index (χ1) is 11.8. The van der Waals surface area contributed by atoms with E-state index in [2.05, 4.69) is 15.6 Å². The Morgan fingerprint density at radius 3 is 2.77 bits per heavy atom. The molecular weight excluding hydrogens is 466 g/mol. The molecule has 1 aliphatic rings. The second-order valence-corrected chi connectivity index (χ2v) is 5.81. The Balaban J connectivity index is 0.00000338. The molecule has 0 aromatic carbocycles. The Hall–Kier alpha value is -1.50. The van der Waals surface area contributed by atoms with E-state index in [0.717, 1.165) is 0 Å². The predicted molar refractivity (Wildman–Crippen MR) is 101 cm³/mol. The van der Waals surface area contributed by atoms with Crippen LogP contribution in [0.15, 0.2) is 21.5 Å². The summed E-state index contributed by atoms with van der Waals surface area (Å²) in [5.41, 5.74) is 5.12. The van der Waals surface area contributed by atoms with Gasteiger partial charge in [-0.05, 0) is 25.5 Å². The van der Waals surface area contributed by atoms with Gasteiger partial charge >= 0.3 is 6.18 Å². The third-order valence-electron chi connectivity index (χ3n) is 3.66. The molecule has 1 atom stereocenters. The van der Waals surface area contributed by atoms with Gasteiger partial charge in [-0.1, -0.05) is 0 Å². The molecule has 4 N–H and O–H groups in total. The number of nitrogens with one attached hydrogen (secondary N) is 2. The van der Waals surface area contributed by atoms with Gasteiger partial charge in [-0.25, -0.2) is 4.99 Å². The number of hydrogen-bond acceptors (Lipinski definition) is 4. The number of hydrogen-bond donors (Lipinski definition) is 3. The van der Waals surface area contributed by atoms with Gasteiger partial charge in [0, 0.05) is 25.7 Å². The smallest absolute Gasteiger partial charge is 0.401 e. The number of nitrogens with two attached hydrogens (primary N) is 1. The highest BCUT2D eigenvalue weighted by atomic mass is 127. The largest absolute Gasteiger partial charge is 0.454 e. The fourth-order valence-electron chi connectivity index (χ4n) is 2.61. The molecule has 1 aromatic heterocycles. The maximum Gasteiger partial charge on any atom is 0.401 e. The molecule has 1 aromatic rings. The Morgan fingerprint density at radius 2 is 2.19 bits per heavy atom. The molecule has 0 radical (unpaired) electrons. The maximum absolute atomic E-state index is 12.4. The Bertz CT molecular complexity index is 621. The molecule has 0 spiro atoms. The number of likely N-dealkylation sites (tertiary alicyclic amines) is 1. The zero-order valence-electron chi connectivity index (χ0n) is 14.3. The van der Waals surface area contributed by atoms with Gasteiger partial charge in [0.1, 0.15) is 12.3 Å². The van der Waals surface area contributed by atoms with Crippen LogP contribution >= 0.6 is 24.0 Å². The second-order valence-electron chi connectivity index (χ2n) is 5.81. The van der Waals surface area contributed by atoms with Crippen molar-refractivity contribution in [1.82, 2.24) is 15.5 Å². The first-order valence-corrected chi connectivity index (χ1v) is 7.99. The van der Waals surface area contributed by atoms with Crippen molar-refractivity contribution in [1.29, 1.82) is 0 Å². The highest BCUT2D eigenvalue weighted by Gasteiger charge is 2.34. The van der Waals surface area contributed by atoms with E-state index in [1.165, 1.54) is 11.0 Å². The van der Waals surface area contributed by atoms with Crippen LogP contribution in [0.25, 0.3) is 0 Å². The lowest BCUT2D eigenvalue weighted by Gasteiger charge is -2.19. The molecule has 1 fully saturated rings. The molecule has 1 saturated heterocycles. The summed E-state index contributed by atoms with van der Waals surface area (Å²) < 4.78 is 42.6. The van der Waals surface area contributed by atoms with Crippen LogP contribution in [0.3, 0.4) is 0 Å². The third-order valence-corrected chi connectivity index (χ3v) is 3.66. The quantitative estimate of drug-likeness (QED) is 0.321. The van der Waals surface area contributed by atoms with Gasteiger partial charge in [-0.15, -0.1) is 24.0 Å². The summed E-state index contributed by atoms with van der Waals surface area (Å²) in [4.78, 5) is 16.7. The summed E-state index contributed by atoms with van der Waals surface area (Å²) in [6, 6.07) is 2.96. The van der Waals surface area contributed by atoms with Crippen LogP contribution in [-0.4, -0.2) is 55.2 Å². The van der Waals surface area contributed by atoms with Crippen LogP contribution < -0.4 is 16.4 Å². The minimum Gasteiger partial charge on any atom is -0.454 e. The fraction of sp³-hybridized carbons (Fsp3) is 0.600. The number of nitrogens with zero attached hydrogens (tertiary/aromatic N) is 2. The summed E-state index contributed by atoms with van der Waals surface area (Å²) in [6.45, 7) is 2.46. The number of rotatable bonds is 6. The molecule has 148 valence electrons. The monoisotopic (exact) mass is 489 g/mol. The van der Waals surface area contributed by atoms with Crippen molar-refractivity contribution in [2.45, 2.75) is 32.1 Å². The molecule has 1 unspecified atom stereocenters. The molecular formula is C15H23F3IN5O2. The van der Waals surface area contributed by atoms with Crippen LogP contribution in [0.5, 0.6) is 0 Å². The topological polar surface area (TPSA) is 95.9 Å². The summed E-state index contributed by atoms with van der Waals surface area (Å²) in [5, 5.41) is 6.17. The first kappa shape index (κ1) is 22.5. The highest BCUT2D eigenvalue weighted by Crippen LogP contribution is 2.20. The first-order valence-electron chi connectivity index (χ1n) is 7.99. The van der Waals surface area contributed by atoms with E-state index < -0.39 is 18.6 Å². The van der Waals surface area contributed by atoms with Crippen LogP contribution in [0.2, 0.25) is 0 Å². The number of carbonyl (C=O) groups is 1. The summed E-state index contributed by atoms with van der Waals surface area (Å²) >= 11 is 0. The van der Waals surface area contributed by atoms with Gasteiger partial charge < -0.3 is 20.8 Å². The van der Waals surface area contributed by atoms with Crippen LogP contribution in [0.4, 0.5) is 13.2 Å². The molecule has 7 nitrogen and oxygen atoms in total. The average molecular weight is 489 g/mol.